The topological polar surface area (TPSA) is 83.8 Å². The highest BCUT2D eigenvalue weighted by Gasteiger charge is 2.33. The van der Waals surface area contributed by atoms with E-state index >= 15 is 0 Å². The van der Waals surface area contributed by atoms with Gasteiger partial charge in [0.25, 0.3) is 0 Å². The first-order valence-corrected chi connectivity index (χ1v) is 11.1. The number of carbonyl (C=O) groups excluding carboxylic acids is 1. The summed E-state index contributed by atoms with van der Waals surface area (Å²) in [5.41, 5.74) is -0.918. The maximum absolute atomic E-state index is 12.4. The van der Waals surface area contributed by atoms with Crippen LogP contribution in [0.2, 0.25) is 0 Å². The number of nitrogens with zero attached hydrogens (tertiary/aromatic N) is 4. The van der Waals surface area contributed by atoms with Gasteiger partial charge >= 0.3 is 6.09 Å². The SMILES string of the molecule is CCC(CC)(CNC(=NC)N1CCC(C)C(n2ccnc2)C1)NC(=O)OC(C)(C)C. The van der Waals surface area contributed by atoms with Gasteiger partial charge in [0.1, 0.15) is 5.60 Å². The lowest BCUT2D eigenvalue weighted by molar-refractivity contribution is 0.0448. The van der Waals surface area contributed by atoms with Crippen molar-refractivity contribution >= 4 is 12.1 Å². The molecule has 0 saturated carbocycles. The lowest BCUT2D eigenvalue weighted by atomic mass is 9.92. The third kappa shape index (κ3) is 6.37. The van der Waals surface area contributed by atoms with Crippen molar-refractivity contribution in [1.82, 2.24) is 25.1 Å². The van der Waals surface area contributed by atoms with Crippen molar-refractivity contribution in [2.45, 2.75) is 78.0 Å². The zero-order valence-electron chi connectivity index (χ0n) is 19.7. The van der Waals surface area contributed by atoms with E-state index in [4.69, 9.17) is 4.74 Å². The zero-order valence-corrected chi connectivity index (χ0v) is 19.7. The lowest BCUT2D eigenvalue weighted by Crippen LogP contribution is -2.58. The van der Waals surface area contributed by atoms with E-state index in [0.29, 0.717) is 18.5 Å². The quantitative estimate of drug-likeness (QED) is 0.544. The van der Waals surface area contributed by atoms with Crippen molar-refractivity contribution in [1.29, 1.82) is 0 Å². The molecule has 8 nitrogen and oxygen atoms in total. The Kier molecular flexibility index (Phi) is 8.15. The summed E-state index contributed by atoms with van der Waals surface area (Å²) in [6.45, 7) is 14.5. The summed E-state index contributed by atoms with van der Waals surface area (Å²) in [4.78, 5) is 23.4. The molecule has 1 aromatic heterocycles. The second-order valence-corrected chi connectivity index (χ2v) is 9.30. The summed E-state index contributed by atoms with van der Waals surface area (Å²) >= 11 is 0. The van der Waals surface area contributed by atoms with E-state index in [1.165, 1.54) is 0 Å². The summed E-state index contributed by atoms with van der Waals surface area (Å²) in [7, 11) is 1.81. The van der Waals surface area contributed by atoms with Crippen molar-refractivity contribution < 1.29 is 9.53 Å². The number of hydrogen-bond acceptors (Lipinski definition) is 4. The molecule has 1 fully saturated rings. The molecule has 1 aliphatic heterocycles. The van der Waals surface area contributed by atoms with Crippen LogP contribution in [0.4, 0.5) is 4.79 Å². The van der Waals surface area contributed by atoms with Gasteiger partial charge in [0, 0.05) is 39.1 Å². The molecule has 2 rings (SSSR count). The van der Waals surface area contributed by atoms with Crippen LogP contribution in [0.15, 0.2) is 23.7 Å². The van der Waals surface area contributed by atoms with Gasteiger partial charge in [-0.1, -0.05) is 20.8 Å². The molecule has 2 N–H and O–H groups in total. The van der Waals surface area contributed by atoms with Crippen LogP contribution in [0.1, 0.15) is 66.8 Å². The second-order valence-electron chi connectivity index (χ2n) is 9.30. The molecule has 1 saturated heterocycles. The van der Waals surface area contributed by atoms with Crippen molar-refractivity contribution in [3.05, 3.63) is 18.7 Å². The molecule has 1 aliphatic rings. The Morgan fingerprint density at radius 2 is 2.00 bits per heavy atom. The van der Waals surface area contributed by atoms with E-state index in [1.54, 1.807) is 0 Å². The number of carbonyl (C=O) groups is 1. The normalized spacial score (nSPS) is 20.8. The molecule has 1 amide bonds. The minimum atomic E-state index is -0.520. The number of guanidine groups is 1. The summed E-state index contributed by atoms with van der Waals surface area (Å²) in [6.07, 6.45) is 8.05. The van der Waals surface area contributed by atoms with E-state index < -0.39 is 11.1 Å². The third-order valence-electron chi connectivity index (χ3n) is 6.04. The summed E-state index contributed by atoms with van der Waals surface area (Å²) in [6, 6.07) is 0.363. The van der Waals surface area contributed by atoms with Gasteiger partial charge in [-0.3, -0.25) is 4.99 Å². The smallest absolute Gasteiger partial charge is 0.408 e. The van der Waals surface area contributed by atoms with Crippen LogP contribution in [0, 0.1) is 5.92 Å². The van der Waals surface area contributed by atoms with Gasteiger partial charge in [-0.25, -0.2) is 9.78 Å². The minimum Gasteiger partial charge on any atom is -0.444 e. The monoisotopic (exact) mass is 420 g/mol. The lowest BCUT2D eigenvalue weighted by Gasteiger charge is -2.40. The summed E-state index contributed by atoms with van der Waals surface area (Å²) < 4.78 is 7.68. The fraction of sp³-hybridized carbons (Fsp3) is 0.773. The van der Waals surface area contributed by atoms with Crippen molar-refractivity contribution in [2.24, 2.45) is 10.9 Å². The van der Waals surface area contributed by atoms with Crippen molar-refractivity contribution in [3.8, 4) is 0 Å². The number of ether oxygens (including phenoxy) is 1. The average molecular weight is 421 g/mol. The van der Waals surface area contributed by atoms with Gasteiger partial charge in [0.2, 0.25) is 0 Å². The van der Waals surface area contributed by atoms with Gasteiger partial charge < -0.3 is 24.8 Å². The maximum Gasteiger partial charge on any atom is 0.408 e. The third-order valence-corrected chi connectivity index (χ3v) is 6.04. The number of aliphatic imine (C=N–C) groups is 1. The summed E-state index contributed by atoms with van der Waals surface area (Å²) in [5, 5.41) is 6.61. The number of hydrogen-bond donors (Lipinski definition) is 2. The van der Waals surface area contributed by atoms with E-state index in [9.17, 15) is 4.79 Å². The first-order chi connectivity index (χ1) is 14.1. The van der Waals surface area contributed by atoms with E-state index in [2.05, 4.69) is 50.8 Å². The highest BCUT2D eigenvalue weighted by atomic mass is 16.6. The maximum atomic E-state index is 12.4. The van der Waals surface area contributed by atoms with Gasteiger partial charge in [-0.05, 0) is 46.0 Å². The number of aromatic nitrogens is 2. The molecular formula is C22H40N6O2. The standard InChI is InChI=1S/C22H40N6O2/c1-8-22(9-2,26-20(29)30-21(4,5)6)15-25-19(23-7)27-12-10-17(3)18(14-27)28-13-11-24-16-28/h11,13,16-18H,8-10,12,14-15H2,1-7H3,(H,23,25)(H,26,29). The molecule has 2 heterocycles. The summed E-state index contributed by atoms with van der Waals surface area (Å²) in [5.74, 6) is 1.44. The first-order valence-electron chi connectivity index (χ1n) is 11.1. The first kappa shape index (κ1) is 24.0. The number of piperidine rings is 1. The molecule has 0 spiro atoms. The fourth-order valence-electron chi connectivity index (χ4n) is 3.92. The number of amides is 1. The van der Waals surface area contributed by atoms with Crippen molar-refractivity contribution in [2.75, 3.05) is 26.7 Å². The Morgan fingerprint density at radius 1 is 1.30 bits per heavy atom. The zero-order chi connectivity index (χ0) is 22.4. The van der Waals surface area contributed by atoms with Gasteiger partial charge in [-0.2, -0.15) is 0 Å². The van der Waals surface area contributed by atoms with E-state index in [1.807, 2.05) is 46.5 Å². The van der Waals surface area contributed by atoms with Gasteiger partial charge in [-0.15, -0.1) is 0 Å². The molecule has 170 valence electrons. The van der Waals surface area contributed by atoms with Crippen LogP contribution in [0.5, 0.6) is 0 Å². The van der Waals surface area contributed by atoms with Crippen LogP contribution in [-0.2, 0) is 4.74 Å². The number of nitrogens with one attached hydrogen (secondary N) is 2. The largest absolute Gasteiger partial charge is 0.444 e. The van der Waals surface area contributed by atoms with Gasteiger partial charge in [0.05, 0.1) is 17.9 Å². The van der Waals surface area contributed by atoms with Crippen LogP contribution >= 0.6 is 0 Å². The fourth-order valence-corrected chi connectivity index (χ4v) is 3.92. The molecule has 0 radical (unpaired) electrons. The Bertz CT molecular complexity index is 691. The highest BCUT2D eigenvalue weighted by molar-refractivity contribution is 5.80. The van der Waals surface area contributed by atoms with E-state index in [-0.39, 0.29) is 6.09 Å². The molecule has 0 aliphatic carbocycles. The minimum absolute atomic E-state index is 0.363. The Morgan fingerprint density at radius 3 is 2.53 bits per heavy atom. The second kappa shape index (κ2) is 10.2. The Hall–Kier alpha value is -2.25. The number of likely N-dealkylation sites (tertiary alicyclic amines) is 1. The molecule has 2 unspecified atom stereocenters. The predicted octanol–water partition coefficient (Wildman–Crippen LogP) is 3.42. The van der Waals surface area contributed by atoms with Gasteiger partial charge in [0.15, 0.2) is 5.96 Å². The average Bonchev–Trinajstić information content (AvgIpc) is 3.21. The number of alkyl carbamates (subject to hydrolysis) is 1. The molecule has 0 aromatic carbocycles. The molecule has 1 aromatic rings. The highest BCUT2D eigenvalue weighted by Crippen LogP contribution is 2.27. The molecular weight excluding hydrogens is 380 g/mol. The molecule has 8 heteroatoms. The Labute approximate surface area is 181 Å². The van der Waals surface area contributed by atoms with E-state index in [0.717, 1.165) is 38.3 Å². The number of rotatable bonds is 6. The van der Waals surface area contributed by atoms with Crippen LogP contribution < -0.4 is 10.6 Å². The van der Waals surface area contributed by atoms with Crippen LogP contribution in [0.3, 0.4) is 0 Å². The predicted molar refractivity (Wildman–Crippen MR) is 121 cm³/mol. The van der Waals surface area contributed by atoms with Crippen LogP contribution in [-0.4, -0.2) is 64.3 Å². The van der Waals surface area contributed by atoms with Crippen molar-refractivity contribution in [3.63, 3.8) is 0 Å². The molecule has 2 atom stereocenters. The molecule has 30 heavy (non-hydrogen) atoms. The Balaban J connectivity index is 2.03. The number of imidazole rings is 1. The molecule has 0 bridgehead atoms. The van der Waals surface area contributed by atoms with Crippen LogP contribution in [0.25, 0.3) is 0 Å².